The zero-order valence-corrected chi connectivity index (χ0v) is 24.6. The molecule has 1 fully saturated rings. The van der Waals surface area contributed by atoms with Crippen molar-refractivity contribution in [3.8, 4) is 11.6 Å². The lowest BCUT2D eigenvalue weighted by Gasteiger charge is -2.35. The summed E-state index contributed by atoms with van der Waals surface area (Å²) in [6.45, 7) is 3.23. The van der Waals surface area contributed by atoms with Gasteiger partial charge in [0.05, 0.1) is 5.39 Å². The maximum Gasteiger partial charge on any atom is 0.330 e. The average Bonchev–Trinajstić information content (AvgIpc) is 3.31. The molecule has 0 aliphatic carbocycles. The van der Waals surface area contributed by atoms with Crippen molar-refractivity contribution >= 4 is 28.1 Å². The van der Waals surface area contributed by atoms with Crippen LogP contribution in [-0.4, -0.2) is 39.7 Å². The Bertz CT molecular complexity index is 1860. The van der Waals surface area contributed by atoms with Crippen molar-refractivity contribution in [1.82, 2.24) is 9.97 Å². The van der Waals surface area contributed by atoms with Gasteiger partial charge in [0, 0.05) is 44.0 Å². The Labute approximate surface area is 254 Å². The molecule has 3 heterocycles. The van der Waals surface area contributed by atoms with Crippen LogP contribution in [0.25, 0.3) is 10.8 Å². The van der Waals surface area contributed by atoms with Crippen molar-refractivity contribution in [3.63, 3.8) is 0 Å². The number of hydrogen-bond donors (Lipinski definition) is 2. The van der Waals surface area contributed by atoms with Crippen molar-refractivity contribution in [3.05, 3.63) is 116 Å². The van der Waals surface area contributed by atoms with Crippen LogP contribution in [0.15, 0.2) is 88.7 Å². The third-order valence-electron chi connectivity index (χ3n) is 8.30. The number of carboxylic acids is 1. The largest absolute Gasteiger partial charge is 0.479 e. The first-order valence-electron chi connectivity index (χ1n) is 14.9. The van der Waals surface area contributed by atoms with Gasteiger partial charge < -0.3 is 20.1 Å². The summed E-state index contributed by atoms with van der Waals surface area (Å²) in [5.41, 5.74) is -0.0713. The molecule has 224 valence electrons. The first kappa shape index (κ1) is 29.0. The predicted molar refractivity (Wildman–Crippen MR) is 171 cm³/mol. The Morgan fingerprint density at radius 1 is 0.932 bits per heavy atom. The lowest BCUT2D eigenvalue weighted by Crippen LogP contribution is -2.54. The maximum absolute atomic E-state index is 13.2. The second-order valence-electron chi connectivity index (χ2n) is 11.5. The molecule has 0 saturated carbocycles. The topological polar surface area (TPSA) is 122 Å². The highest BCUT2D eigenvalue weighted by molar-refractivity contribution is 5.88. The third kappa shape index (κ3) is 5.90. The van der Waals surface area contributed by atoms with E-state index in [0.717, 1.165) is 53.3 Å². The normalized spacial score (nSPS) is 15.1. The number of nitrogens with one attached hydrogen (secondary N) is 1. The summed E-state index contributed by atoms with van der Waals surface area (Å²) in [5, 5.41) is 15.6. The number of ether oxygens (including phenoxy) is 1. The van der Waals surface area contributed by atoms with E-state index in [4.69, 9.17) is 4.74 Å². The fraction of sp³-hybridized carbons (Fsp3) is 0.286. The van der Waals surface area contributed by atoms with Gasteiger partial charge in [0.15, 0.2) is 0 Å². The van der Waals surface area contributed by atoms with Crippen LogP contribution in [-0.2, 0) is 17.6 Å². The molecule has 1 atom stereocenters. The third-order valence-corrected chi connectivity index (χ3v) is 8.30. The zero-order valence-electron chi connectivity index (χ0n) is 24.6. The van der Waals surface area contributed by atoms with E-state index in [1.54, 1.807) is 24.5 Å². The van der Waals surface area contributed by atoms with Crippen molar-refractivity contribution in [2.75, 3.05) is 23.3 Å². The van der Waals surface area contributed by atoms with Gasteiger partial charge in [-0.2, -0.15) is 0 Å². The summed E-state index contributed by atoms with van der Waals surface area (Å²) in [6, 6.07) is 20.3. The number of fused-ring (bicyclic) bond motifs is 1. The Kier molecular flexibility index (Phi) is 8.11. The van der Waals surface area contributed by atoms with Crippen LogP contribution in [0.2, 0.25) is 0 Å². The number of nitrogens with zero attached hydrogens (tertiary/aromatic N) is 3. The quantitative estimate of drug-likeness (QED) is 0.205. The number of hydrogen-bond acceptors (Lipinski definition) is 8. The SMILES string of the molecule is Cc1cc2ccncc2c(Oc2ccc(C[C@](Cc3ccccc3)(Nc3c(N4CCCCCC4)c(=O)c3=O)C(=O)O)cc2)n1. The summed E-state index contributed by atoms with van der Waals surface area (Å²) in [4.78, 5) is 49.6. The molecule has 1 aliphatic heterocycles. The van der Waals surface area contributed by atoms with E-state index in [1.807, 2.05) is 66.4 Å². The first-order chi connectivity index (χ1) is 21.3. The highest BCUT2D eigenvalue weighted by atomic mass is 16.5. The van der Waals surface area contributed by atoms with E-state index in [2.05, 4.69) is 15.3 Å². The summed E-state index contributed by atoms with van der Waals surface area (Å²) < 4.78 is 6.13. The van der Waals surface area contributed by atoms with Crippen LogP contribution >= 0.6 is 0 Å². The van der Waals surface area contributed by atoms with Gasteiger partial charge in [-0.25, -0.2) is 9.78 Å². The number of benzene rings is 2. The molecule has 0 spiro atoms. The minimum Gasteiger partial charge on any atom is -0.479 e. The molecule has 0 amide bonds. The smallest absolute Gasteiger partial charge is 0.330 e. The van der Waals surface area contributed by atoms with E-state index in [0.29, 0.717) is 30.4 Å². The van der Waals surface area contributed by atoms with E-state index in [1.165, 1.54) is 0 Å². The van der Waals surface area contributed by atoms with Gasteiger partial charge in [-0.05, 0) is 60.5 Å². The molecule has 1 saturated heterocycles. The number of rotatable bonds is 10. The van der Waals surface area contributed by atoms with E-state index in [9.17, 15) is 19.5 Å². The maximum atomic E-state index is 13.2. The number of aromatic nitrogens is 2. The molecular weight excluding hydrogens is 556 g/mol. The lowest BCUT2D eigenvalue weighted by molar-refractivity contribution is -0.142. The van der Waals surface area contributed by atoms with Crippen LogP contribution in [0.4, 0.5) is 11.4 Å². The predicted octanol–water partition coefficient (Wildman–Crippen LogP) is 5.43. The first-order valence-corrected chi connectivity index (χ1v) is 14.9. The standard InChI is InChI=1S/C35H34N4O5/c1-23-19-26-15-16-36-22-28(26)33(37-23)44-27-13-11-25(12-14-27)21-35(34(42)43,20-24-9-5-4-6-10-24)38-29-30(32(41)31(29)40)39-17-7-2-3-8-18-39/h4-6,9-16,19,22,38H,2-3,7-8,17-18,20-21H2,1H3,(H,42,43)/t35-/m0/s1. The van der Waals surface area contributed by atoms with Gasteiger partial charge in [-0.3, -0.25) is 14.6 Å². The number of pyridine rings is 2. The number of anilines is 2. The van der Waals surface area contributed by atoms with E-state index in [-0.39, 0.29) is 18.5 Å². The van der Waals surface area contributed by atoms with Crippen LogP contribution in [0.3, 0.4) is 0 Å². The van der Waals surface area contributed by atoms with Crippen LogP contribution in [0.1, 0.15) is 42.5 Å². The molecule has 5 aromatic rings. The minimum atomic E-state index is -1.59. The fourth-order valence-corrected chi connectivity index (χ4v) is 6.03. The number of carboxylic acid groups (broad SMARTS) is 1. The molecular formula is C35H34N4O5. The Hall–Kier alpha value is -5.05. The Morgan fingerprint density at radius 3 is 2.30 bits per heavy atom. The van der Waals surface area contributed by atoms with Crippen LogP contribution < -0.4 is 25.8 Å². The van der Waals surface area contributed by atoms with Crippen molar-refractivity contribution in [1.29, 1.82) is 0 Å². The minimum absolute atomic E-state index is 0.0608. The summed E-state index contributed by atoms with van der Waals surface area (Å²) in [5.74, 6) is -0.132. The van der Waals surface area contributed by atoms with Gasteiger partial charge in [-0.1, -0.05) is 55.3 Å². The second-order valence-corrected chi connectivity index (χ2v) is 11.5. The molecule has 0 radical (unpaired) electrons. The molecule has 3 aromatic carbocycles. The monoisotopic (exact) mass is 590 g/mol. The van der Waals surface area contributed by atoms with E-state index >= 15 is 0 Å². The highest BCUT2D eigenvalue weighted by Crippen LogP contribution is 2.32. The molecule has 9 nitrogen and oxygen atoms in total. The molecule has 0 bridgehead atoms. The molecule has 1 aliphatic rings. The molecule has 44 heavy (non-hydrogen) atoms. The number of aliphatic carboxylic acids is 1. The fourth-order valence-electron chi connectivity index (χ4n) is 6.03. The Morgan fingerprint density at radius 2 is 1.61 bits per heavy atom. The van der Waals surface area contributed by atoms with E-state index < -0.39 is 22.4 Å². The Balaban J connectivity index is 1.32. The van der Waals surface area contributed by atoms with Gasteiger partial charge >= 0.3 is 5.97 Å². The van der Waals surface area contributed by atoms with Gasteiger partial charge in [0.25, 0.3) is 10.9 Å². The molecule has 6 rings (SSSR count). The summed E-state index contributed by atoms with van der Waals surface area (Å²) >= 11 is 0. The van der Waals surface area contributed by atoms with Crippen molar-refractivity contribution < 1.29 is 14.6 Å². The second kappa shape index (κ2) is 12.3. The molecule has 2 N–H and O–H groups in total. The summed E-state index contributed by atoms with van der Waals surface area (Å²) in [7, 11) is 0. The van der Waals surface area contributed by atoms with Gasteiger partial charge in [-0.15, -0.1) is 0 Å². The molecule has 2 aromatic heterocycles. The lowest BCUT2D eigenvalue weighted by atomic mass is 9.83. The average molecular weight is 591 g/mol. The molecule has 9 heteroatoms. The summed E-state index contributed by atoms with van der Waals surface area (Å²) in [6.07, 6.45) is 7.57. The van der Waals surface area contributed by atoms with Crippen LogP contribution in [0.5, 0.6) is 11.6 Å². The highest BCUT2D eigenvalue weighted by Gasteiger charge is 2.42. The van der Waals surface area contributed by atoms with Crippen molar-refractivity contribution in [2.45, 2.75) is 51.0 Å². The zero-order chi connectivity index (χ0) is 30.7. The van der Waals surface area contributed by atoms with Crippen LogP contribution in [0, 0.1) is 6.92 Å². The van der Waals surface area contributed by atoms with Gasteiger partial charge in [0.2, 0.25) is 5.88 Å². The van der Waals surface area contributed by atoms with Gasteiger partial charge in [0.1, 0.15) is 22.7 Å². The van der Waals surface area contributed by atoms with Crippen molar-refractivity contribution in [2.24, 2.45) is 0 Å². The molecule has 0 unspecified atom stereocenters. The number of aryl methyl sites for hydroxylation is 1. The number of carbonyl (C=O) groups is 1.